The van der Waals surface area contributed by atoms with Gasteiger partial charge in [0.1, 0.15) is 0 Å². The van der Waals surface area contributed by atoms with Crippen molar-refractivity contribution in [3.8, 4) is 0 Å². The molecule has 0 aromatic rings. The third-order valence-corrected chi connectivity index (χ3v) is 7.89. The van der Waals surface area contributed by atoms with E-state index in [4.69, 9.17) is 5.11 Å². The van der Waals surface area contributed by atoms with Gasteiger partial charge >= 0.3 is 0 Å². The molecule has 38 heavy (non-hydrogen) atoms. The first-order valence-corrected chi connectivity index (χ1v) is 16.6. The third-order valence-electron chi connectivity index (χ3n) is 7.89. The molecule has 0 fully saturated rings. The Morgan fingerprint density at radius 3 is 0.474 bits per heavy atom. The van der Waals surface area contributed by atoms with E-state index in [1.807, 2.05) is 0 Å². The van der Waals surface area contributed by atoms with Gasteiger partial charge in [0.15, 0.2) is 0 Å². The molecule has 0 saturated carbocycles. The molecule has 238 valence electrons. The molecule has 0 amide bonds. The molecule has 3 nitrogen and oxygen atoms in total. The number of hydrogen-bond donors (Lipinski definition) is 1. The molecule has 0 bridgehead atoms. The molecule has 0 aliphatic carbocycles. The van der Waals surface area contributed by atoms with Crippen LogP contribution >= 0.6 is 0 Å². The Hall–Kier alpha value is 0.460. The highest BCUT2D eigenvalue weighted by molar-refractivity contribution is 4.50. The molecule has 0 aromatic heterocycles. The van der Waals surface area contributed by atoms with Gasteiger partial charge in [-0.2, -0.15) is 0 Å². The van der Waals surface area contributed by atoms with Crippen molar-refractivity contribution in [3.05, 3.63) is 0 Å². The molecule has 1 N–H and O–H groups in total. The summed E-state index contributed by atoms with van der Waals surface area (Å²) in [5, 5.41) is 7.00. The maximum atomic E-state index is 7.00. The second kappa shape index (κ2) is 37.5. The van der Waals surface area contributed by atoms with E-state index in [9.17, 15) is 0 Å². The Kier molecular flexibility index (Phi) is 47.5. The van der Waals surface area contributed by atoms with Crippen LogP contribution in [-0.4, -0.2) is 73.5 Å². The van der Waals surface area contributed by atoms with Crippen LogP contribution in [0.4, 0.5) is 0 Å². The van der Waals surface area contributed by atoms with Gasteiger partial charge in [-0.05, 0) is 51.4 Å². The minimum absolute atomic E-state index is 0. The predicted molar refractivity (Wildman–Crippen MR) is 167 cm³/mol. The Labute approximate surface area is 255 Å². The van der Waals surface area contributed by atoms with Crippen molar-refractivity contribution >= 4 is 0 Å². The average Bonchev–Trinajstić information content (AvgIpc) is 2.93. The molecule has 0 spiro atoms. The Morgan fingerprint density at radius 2 is 0.395 bits per heavy atom. The van der Waals surface area contributed by atoms with E-state index >= 15 is 0 Å². The van der Waals surface area contributed by atoms with E-state index in [0.717, 1.165) is 7.11 Å². The zero-order chi connectivity index (χ0) is 28.0. The maximum absolute atomic E-state index is 7.00. The minimum atomic E-state index is 0. The summed E-state index contributed by atoms with van der Waals surface area (Å²) in [6.45, 7) is 30.0. The van der Waals surface area contributed by atoms with Gasteiger partial charge in [-0.1, -0.05) is 107 Å². The quantitative estimate of drug-likeness (QED) is 0.171. The molecule has 5 heteroatoms. The lowest BCUT2D eigenvalue weighted by Gasteiger charge is -2.39. The zero-order valence-corrected chi connectivity index (χ0v) is 29.6. The molecule has 0 aromatic carbocycles. The number of halogens is 2. The number of unbranched alkanes of at least 4 members (excludes halogenated alkanes) is 8. The van der Waals surface area contributed by atoms with E-state index in [1.54, 1.807) is 0 Å². The number of hydrogen-bond acceptors (Lipinski definition) is 1. The van der Waals surface area contributed by atoms with Gasteiger partial charge in [0.05, 0.1) is 52.4 Å². The van der Waals surface area contributed by atoms with Crippen molar-refractivity contribution in [2.45, 2.75) is 158 Å². The molecule has 0 radical (unpaired) electrons. The normalized spacial score (nSPS) is 10.9. The standard InChI is InChI=1S/2C16H36N.CH4O.2ClH/c2*1-5-9-13-17(14-10-6-2,15-11-7-3)16-12-8-4;1-2;;/h2*5-16H2,1-4H3;2H,1H3;2*1H/q2*+1;;;/p-2. The van der Waals surface area contributed by atoms with Crippen molar-refractivity contribution in [2.24, 2.45) is 0 Å². The maximum Gasteiger partial charge on any atom is 0.0786 e. The topological polar surface area (TPSA) is 20.2 Å². The number of aliphatic hydroxyl groups excluding tert-OH is 1. The summed E-state index contributed by atoms with van der Waals surface area (Å²) in [5.41, 5.74) is 0. The van der Waals surface area contributed by atoms with Crippen molar-refractivity contribution in [2.75, 3.05) is 59.5 Å². The highest BCUT2D eigenvalue weighted by atomic mass is 35.5. The Morgan fingerprint density at radius 1 is 0.289 bits per heavy atom. The van der Waals surface area contributed by atoms with Crippen molar-refractivity contribution in [1.82, 2.24) is 0 Å². The van der Waals surface area contributed by atoms with E-state index < -0.39 is 0 Å². The van der Waals surface area contributed by atoms with Crippen LogP contribution in [0, 0.1) is 0 Å². The predicted octanol–water partition coefficient (Wildman–Crippen LogP) is 3.62. The molecule has 0 aliphatic heterocycles. The van der Waals surface area contributed by atoms with Gasteiger partial charge in [0, 0.05) is 7.11 Å². The van der Waals surface area contributed by atoms with Gasteiger partial charge in [0.2, 0.25) is 0 Å². The molecule has 0 saturated heterocycles. The highest BCUT2D eigenvalue weighted by Gasteiger charge is 2.25. The van der Waals surface area contributed by atoms with Gasteiger partial charge in [0.25, 0.3) is 0 Å². The molecular formula is C33H76Cl2N2O. The Balaban J connectivity index is -0.000000171. The van der Waals surface area contributed by atoms with Crippen molar-refractivity contribution < 1.29 is 38.9 Å². The lowest BCUT2D eigenvalue weighted by Crippen LogP contribution is -3.00. The van der Waals surface area contributed by atoms with Gasteiger partial charge in [-0.15, -0.1) is 0 Å². The van der Waals surface area contributed by atoms with E-state index in [0.29, 0.717) is 0 Å². The summed E-state index contributed by atoms with van der Waals surface area (Å²) in [4.78, 5) is 0. The van der Waals surface area contributed by atoms with Crippen molar-refractivity contribution in [3.63, 3.8) is 0 Å². The summed E-state index contributed by atoms with van der Waals surface area (Å²) >= 11 is 0. The molecule has 0 aliphatic rings. The summed E-state index contributed by atoms with van der Waals surface area (Å²) < 4.78 is 2.84. The monoisotopic (exact) mass is 587 g/mol. The molecule has 0 heterocycles. The fourth-order valence-corrected chi connectivity index (χ4v) is 5.29. The average molecular weight is 588 g/mol. The first kappa shape index (κ1) is 48.2. The zero-order valence-electron chi connectivity index (χ0n) is 28.1. The highest BCUT2D eigenvalue weighted by Crippen LogP contribution is 2.17. The number of rotatable bonds is 24. The summed E-state index contributed by atoms with van der Waals surface area (Å²) in [6.07, 6.45) is 22.1. The van der Waals surface area contributed by atoms with Crippen LogP contribution in [0.15, 0.2) is 0 Å². The van der Waals surface area contributed by atoms with Crippen LogP contribution in [-0.2, 0) is 0 Å². The van der Waals surface area contributed by atoms with Crippen LogP contribution in [0.25, 0.3) is 0 Å². The smallest absolute Gasteiger partial charge is 0.0786 e. The van der Waals surface area contributed by atoms with Crippen LogP contribution in [0.5, 0.6) is 0 Å². The molecular weight excluding hydrogens is 511 g/mol. The van der Waals surface area contributed by atoms with E-state index in [-0.39, 0.29) is 24.8 Å². The SMILES string of the molecule is CCCC[N+](CCCC)(CCCC)CCCC.CCCC[N+](CCCC)(CCCC)CCCC.CO.[Cl-].[Cl-]. The summed E-state index contributed by atoms with van der Waals surface area (Å²) in [6, 6.07) is 0. The first-order valence-electron chi connectivity index (χ1n) is 16.6. The Bertz CT molecular complexity index is 286. The second-order valence-electron chi connectivity index (χ2n) is 11.3. The number of nitrogens with zero attached hydrogens (tertiary/aromatic N) is 2. The largest absolute Gasteiger partial charge is 1.00 e. The van der Waals surface area contributed by atoms with Crippen LogP contribution in [0.1, 0.15) is 158 Å². The van der Waals surface area contributed by atoms with Crippen LogP contribution in [0.3, 0.4) is 0 Å². The minimum Gasteiger partial charge on any atom is -1.00 e. The van der Waals surface area contributed by atoms with Gasteiger partial charge < -0.3 is 38.9 Å². The lowest BCUT2D eigenvalue weighted by atomic mass is 10.1. The lowest BCUT2D eigenvalue weighted by molar-refractivity contribution is -0.929. The first-order chi connectivity index (χ1) is 17.5. The number of aliphatic hydroxyl groups is 1. The van der Waals surface area contributed by atoms with Crippen molar-refractivity contribution in [1.29, 1.82) is 0 Å². The van der Waals surface area contributed by atoms with Crippen LogP contribution < -0.4 is 24.8 Å². The molecule has 0 unspecified atom stereocenters. The van der Waals surface area contributed by atoms with Gasteiger partial charge in [-0.25, -0.2) is 0 Å². The van der Waals surface area contributed by atoms with Crippen LogP contribution in [0.2, 0.25) is 0 Å². The third kappa shape index (κ3) is 28.0. The fraction of sp³-hybridized carbons (Fsp3) is 1.00. The summed E-state index contributed by atoms with van der Waals surface area (Å²) in [7, 11) is 1.00. The van der Waals surface area contributed by atoms with E-state index in [2.05, 4.69) is 55.4 Å². The summed E-state index contributed by atoms with van der Waals surface area (Å²) in [5.74, 6) is 0. The molecule has 0 atom stereocenters. The molecule has 0 rings (SSSR count). The second-order valence-corrected chi connectivity index (χ2v) is 11.3. The van der Waals surface area contributed by atoms with E-state index in [1.165, 1.54) is 164 Å². The fourth-order valence-electron chi connectivity index (χ4n) is 5.29. The van der Waals surface area contributed by atoms with Gasteiger partial charge in [-0.3, -0.25) is 0 Å². The number of quaternary nitrogens is 2.